The zero-order valence-corrected chi connectivity index (χ0v) is 17.6. The fourth-order valence-corrected chi connectivity index (χ4v) is 5.30. The van der Waals surface area contributed by atoms with Crippen LogP contribution in [0.3, 0.4) is 0 Å². The normalized spacial score (nSPS) is 15.4. The number of hydrogen-bond acceptors (Lipinski definition) is 5. The van der Waals surface area contributed by atoms with Crippen molar-refractivity contribution in [2.24, 2.45) is 0 Å². The molecule has 1 fully saturated rings. The van der Waals surface area contributed by atoms with E-state index in [2.05, 4.69) is 15.9 Å². The average Bonchev–Trinajstić information content (AvgIpc) is 2.67. The minimum Gasteiger partial charge on any atom is -0.336 e. The number of halogens is 2. The molecule has 0 aromatic heterocycles. The third kappa shape index (κ3) is 4.19. The van der Waals surface area contributed by atoms with Crippen molar-refractivity contribution < 1.29 is 18.1 Å². The summed E-state index contributed by atoms with van der Waals surface area (Å²) in [6, 6.07) is 9.88. The SMILES string of the molecule is O=C(c1ccc([N+](=O)[O-])cc1)N1CCN(S(=O)(=O)c2ccc(Br)cc2Cl)CC1. The van der Waals surface area contributed by atoms with Gasteiger partial charge < -0.3 is 4.90 Å². The zero-order chi connectivity index (χ0) is 20.5. The maximum Gasteiger partial charge on any atom is 0.269 e. The second-order valence-corrected chi connectivity index (χ2v) is 9.30. The van der Waals surface area contributed by atoms with Crippen LogP contribution in [0, 0.1) is 10.1 Å². The molecule has 1 aliphatic rings. The highest BCUT2D eigenvalue weighted by molar-refractivity contribution is 9.10. The lowest BCUT2D eigenvalue weighted by Crippen LogP contribution is -2.50. The predicted molar refractivity (Wildman–Crippen MR) is 107 cm³/mol. The summed E-state index contributed by atoms with van der Waals surface area (Å²) in [6.07, 6.45) is 0. The maximum atomic E-state index is 12.8. The van der Waals surface area contributed by atoms with Gasteiger partial charge in [0.25, 0.3) is 11.6 Å². The van der Waals surface area contributed by atoms with E-state index in [0.717, 1.165) is 0 Å². The average molecular weight is 489 g/mol. The number of benzene rings is 2. The first-order valence-electron chi connectivity index (χ1n) is 8.19. The first-order valence-corrected chi connectivity index (χ1v) is 10.8. The third-order valence-electron chi connectivity index (χ3n) is 4.36. The van der Waals surface area contributed by atoms with E-state index in [1.807, 2.05) is 0 Å². The van der Waals surface area contributed by atoms with Crippen LogP contribution in [0.4, 0.5) is 5.69 Å². The number of nitrogens with zero attached hydrogens (tertiary/aromatic N) is 3. The standard InChI is InChI=1S/C17H15BrClN3O5S/c18-13-3-6-16(15(19)11-13)28(26,27)21-9-7-20(8-10-21)17(23)12-1-4-14(5-2-12)22(24)25/h1-6,11H,7-10H2. The van der Waals surface area contributed by atoms with Gasteiger partial charge in [-0.05, 0) is 30.3 Å². The number of piperazine rings is 1. The molecular formula is C17H15BrClN3O5S. The lowest BCUT2D eigenvalue weighted by atomic mass is 10.1. The molecule has 1 saturated heterocycles. The smallest absolute Gasteiger partial charge is 0.269 e. The molecule has 2 aromatic rings. The fourth-order valence-electron chi connectivity index (χ4n) is 2.86. The summed E-state index contributed by atoms with van der Waals surface area (Å²) in [5.41, 5.74) is 0.219. The van der Waals surface area contributed by atoms with Gasteiger partial charge in [-0.25, -0.2) is 8.42 Å². The summed E-state index contributed by atoms with van der Waals surface area (Å²) in [4.78, 5) is 24.3. The Morgan fingerprint density at radius 2 is 1.68 bits per heavy atom. The van der Waals surface area contributed by atoms with E-state index < -0.39 is 14.9 Å². The molecular weight excluding hydrogens is 474 g/mol. The van der Waals surface area contributed by atoms with Crippen molar-refractivity contribution in [3.05, 3.63) is 67.6 Å². The lowest BCUT2D eigenvalue weighted by molar-refractivity contribution is -0.384. The van der Waals surface area contributed by atoms with E-state index in [0.29, 0.717) is 10.0 Å². The van der Waals surface area contributed by atoms with E-state index in [1.54, 1.807) is 6.07 Å². The summed E-state index contributed by atoms with van der Waals surface area (Å²) >= 11 is 9.32. The van der Waals surface area contributed by atoms with Crippen molar-refractivity contribution in [3.63, 3.8) is 0 Å². The summed E-state index contributed by atoms with van der Waals surface area (Å²) in [6.45, 7) is 0.688. The maximum absolute atomic E-state index is 12.8. The molecule has 0 unspecified atom stereocenters. The second-order valence-electron chi connectivity index (χ2n) is 6.08. The van der Waals surface area contributed by atoms with Crippen LogP contribution in [0.25, 0.3) is 0 Å². The van der Waals surface area contributed by atoms with Gasteiger partial charge in [0.05, 0.1) is 9.95 Å². The first kappa shape index (κ1) is 20.7. The van der Waals surface area contributed by atoms with Crippen molar-refractivity contribution in [2.45, 2.75) is 4.90 Å². The van der Waals surface area contributed by atoms with E-state index >= 15 is 0 Å². The highest BCUT2D eigenvalue weighted by Gasteiger charge is 2.31. The molecule has 8 nitrogen and oxygen atoms in total. The summed E-state index contributed by atoms with van der Waals surface area (Å²) in [5, 5.41) is 10.8. The van der Waals surface area contributed by atoms with Crippen LogP contribution in [0.5, 0.6) is 0 Å². The minimum absolute atomic E-state index is 0.0208. The molecule has 0 saturated carbocycles. The Balaban J connectivity index is 1.69. The topological polar surface area (TPSA) is 101 Å². The fraction of sp³-hybridized carbons (Fsp3) is 0.235. The summed E-state index contributed by atoms with van der Waals surface area (Å²) in [5.74, 6) is -0.298. The van der Waals surface area contributed by atoms with Gasteiger partial charge >= 0.3 is 0 Å². The number of rotatable bonds is 4. The Kier molecular flexibility index (Phi) is 6.04. The highest BCUT2D eigenvalue weighted by atomic mass is 79.9. The van der Waals surface area contributed by atoms with E-state index in [4.69, 9.17) is 11.6 Å². The number of non-ortho nitro benzene ring substituents is 1. The number of carbonyl (C=O) groups excluding carboxylic acids is 1. The van der Waals surface area contributed by atoms with Crippen LogP contribution >= 0.6 is 27.5 Å². The van der Waals surface area contributed by atoms with E-state index in [1.165, 1.54) is 45.6 Å². The van der Waals surface area contributed by atoms with Gasteiger partial charge in [-0.1, -0.05) is 27.5 Å². The molecule has 11 heteroatoms. The Morgan fingerprint density at radius 1 is 1.07 bits per heavy atom. The van der Waals surface area contributed by atoms with Crippen LogP contribution in [0.15, 0.2) is 51.8 Å². The van der Waals surface area contributed by atoms with Crippen LogP contribution in [-0.4, -0.2) is 54.6 Å². The van der Waals surface area contributed by atoms with E-state index in [9.17, 15) is 23.3 Å². The van der Waals surface area contributed by atoms with Gasteiger partial charge in [-0.15, -0.1) is 0 Å². The molecule has 148 valence electrons. The van der Waals surface area contributed by atoms with Crippen molar-refractivity contribution in [2.75, 3.05) is 26.2 Å². The number of sulfonamides is 1. The van der Waals surface area contributed by atoms with Gasteiger partial charge in [0.15, 0.2) is 0 Å². The lowest BCUT2D eigenvalue weighted by Gasteiger charge is -2.34. The molecule has 3 rings (SSSR count). The molecule has 0 aliphatic carbocycles. The molecule has 1 aliphatic heterocycles. The predicted octanol–water partition coefficient (Wildman–Crippen LogP) is 3.16. The highest BCUT2D eigenvalue weighted by Crippen LogP contribution is 2.28. The summed E-state index contributed by atoms with van der Waals surface area (Å²) in [7, 11) is -3.77. The number of hydrogen-bond donors (Lipinski definition) is 0. The van der Waals surface area contributed by atoms with Gasteiger partial charge in [0.2, 0.25) is 10.0 Å². The molecule has 0 radical (unpaired) electrons. The molecule has 0 atom stereocenters. The molecule has 0 spiro atoms. The molecule has 1 amide bonds. The van der Waals surface area contributed by atoms with Gasteiger partial charge in [0.1, 0.15) is 4.90 Å². The molecule has 28 heavy (non-hydrogen) atoms. The second kappa shape index (κ2) is 8.16. The Labute approximate surface area is 175 Å². The Bertz CT molecular complexity index is 1020. The van der Waals surface area contributed by atoms with Crippen molar-refractivity contribution in [1.29, 1.82) is 0 Å². The van der Waals surface area contributed by atoms with Gasteiger partial charge in [-0.3, -0.25) is 14.9 Å². The quantitative estimate of drug-likeness (QED) is 0.486. The van der Waals surface area contributed by atoms with Crippen molar-refractivity contribution in [1.82, 2.24) is 9.21 Å². The Morgan fingerprint density at radius 3 is 2.21 bits per heavy atom. The third-order valence-corrected chi connectivity index (χ3v) is 7.24. The van der Waals surface area contributed by atoms with Gasteiger partial charge in [-0.2, -0.15) is 4.31 Å². The minimum atomic E-state index is -3.77. The zero-order valence-electron chi connectivity index (χ0n) is 14.4. The molecule has 0 bridgehead atoms. The first-order chi connectivity index (χ1) is 13.2. The molecule has 2 aromatic carbocycles. The number of nitro benzene ring substituents is 1. The van der Waals surface area contributed by atoms with Crippen molar-refractivity contribution >= 4 is 49.1 Å². The van der Waals surface area contributed by atoms with Crippen LogP contribution in [-0.2, 0) is 10.0 Å². The number of nitro groups is 1. The van der Waals surface area contributed by atoms with Crippen LogP contribution in [0.2, 0.25) is 5.02 Å². The van der Waals surface area contributed by atoms with Gasteiger partial charge in [0, 0.05) is 48.3 Å². The number of carbonyl (C=O) groups is 1. The van der Waals surface area contributed by atoms with Crippen LogP contribution in [0.1, 0.15) is 10.4 Å². The van der Waals surface area contributed by atoms with Crippen LogP contribution < -0.4 is 0 Å². The van der Waals surface area contributed by atoms with E-state index in [-0.39, 0.29) is 47.7 Å². The van der Waals surface area contributed by atoms with Crippen molar-refractivity contribution in [3.8, 4) is 0 Å². The molecule has 1 heterocycles. The Hall–Kier alpha value is -2.01. The summed E-state index contributed by atoms with van der Waals surface area (Å²) < 4.78 is 27.6. The monoisotopic (exact) mass is 487 g/mol. The largest absolute Gasteiger partial charge is 0.336 e. The molecule has 0 N–H and O–H groups in total. The number of amides is 1.